The maximum Gasteiger partial charge on any atom is 0.414 e. The van der Waals surface area contributed by atoms with Crippen molar-refractivity contribution in [2.75, 3.05) is 26.3 Å². The van der Waals surface area contributed by atoms with E-state index in [1.807, 2.05) is 0 Å². The predicted molar refractivity (Wildman–Crippen MR) is 47.7 cm³/mol. The molecule has 2 heterocycles. The Morgan fingerprint density at radius 2 is 1.93 bits per heavy atom. The van der Waals surface area contributed by atoms with Crippen LogP contribution in [-0.2, 0) is 14.2 Å². The van der Waals surface area contributed by atoms with Crippen LogP contribution in [0.5, 0.6) is 0 Å². The number of rotatable bonds is 5. The molecule has 0 aromatic carbocycles. The lowest BCUT2D eigenvalue weighted by molar-refractivity contribution is 0.129. The number of nitrogens with zero attached hydrogens (tertiary/aromatic N) is 1. The van der Waals surface area contributed by atoms with Gasteiger partial charge in [-0.05, 0) is 0 Å². The van der Waals surface area contributed by atoms with Crippen LogP contribution < -0.4 is 0 Å². The van der Waals surface area contributed by atoms with Gasteiger partial charge in [0.1, 0.15) is 0 Å². The Bertz CT molecular complexity index is 221. The van der Waals surface area contributed by atoms with Crippen LogP contribution in [0.15, 0.2) is 12.8 Å². The molecule has 2 rings (SSSR count). The highest BCUT2D eigenvalue weighted by atomic mass is 16.6. The lowest BCUT2D eigenvalue weighted by Gasteiger charge is -2.18. The number of hydrogen-bond donors (Lipinski definition) is 0. The van der Waals surface area contributed by atoms with Crippen molar-refractivity contribution < 1.29 is 19.0 Å². The largest absolute Gasteiger partial charge is 0.419 e. The Kier molecular flexibility index (Phi) is 2.69. The Balaban J connectivity index is 1.81. The van der Waals surface area contributed by atoms with Crippen LogP contribution >= 0.6 is 0 Å². The minimum atomic E-state index is -0.383. The summed E-state index contributed by atoms with van der Waals surface area (Å²) in [5, 5.41) is 0. The third kappa shape index (κ3) is 2.71. The summed E-state index contributed by atoms with van der Waals surface area (Å²) < 4.78 is 14.8. The van der Waals surface area contributed by atoms with E-state index in [-0.39, 0.29) is 18.3 Å². The summed E-state index contributed by atoms with van der Waals surface area (Å²) in [6, 6.07) is 0. The van der Waals surface area contributed by atoms with E-state index < -0.39 is 0 Å². The standard InChI is InChI=1S/C9H13NO4/c1-2-12-9(11)10(3-7-5-13-7)4-8-6-14-8/h2,7-8H,1,3-6H2. The van der Waals surface area contributed by atoms with Gasteiger partial charge in [-0.2, -0.15) is 0 Å². The van der Waals surface area contributed by atoms with Crippen molar-refractivity contribution in [1.29, 1.82) is 0 Å². The summed E-state index contributed by atoms with van der Waals surface area (Å²) in [6.07, 6.45) is 1.10. The summed E-state index contributed by atoms with van der Waals surface area (Å²) in [4.78, 5) is 13.0. The summed E-state index contributed by atoms with van der Waals surface area (Å²) in [7, 11) is 0. The summed E-state index contributed by atoms with van der Waals surface area (Å²) >= 11 is 0. The molecule has 0 bridgehead atoms. The molecule has 14 heavy (non-hydrogen) atoms. The molecule has 5 nitrogen and oxygen atoms in total. The maximum absolute atomic E-state index is 11.4. The highest BCUT2D eigenvalue weighted by molar-refractivity contribution is 5.68. The third-order valence-corrected chi connectivity index (χ3v) is 2.10. The summed E-state index contributed by atoms with van der Waals surface area (Å²) in [5.41, 5.74) is 0. The zero-order valence-corrected chi connectivity index (χ0v) is 7.85. The van der Waals surface area contributed by atoms with Crippen molar-refractivity contribution in [3.63, 3.8) is 0 Å². The molecular weight excluding hydrogens is 186 g/mol. The van der Waals surface area contributed by atoms with Crippen molar-refractivity contribution in [1.82, 2.24) is 4.90 Å². The first-order valence-corrected chi connectivity index (χ1v) is 4.59. The molecule has 2 atom stereocenters. The van der Waals surface area contributed by atoms with Gasteiger partial charge in [0.15, 0.2) is 0 Å². The average Bonchev–Trinajstić information content (AvgIpc) is 2.97. The second kappa shape index (κ2) is 3.98. The molecule has 1 amide bonds. The molecule has 0 spiro atoms. The fourth-order valence-corrected chi connectivity index (χ4v) is 1.21. The van der Waals surface area contributed by atoms with Crippen LogP contribution in [-0.4, -0.2) is 49.5 Å². The third-order valence-electron chi connectivity index (χ3n) is 2.10. The Labute approximate surface area is 82.2 Å². The zero-order chi connectivity index (χ0) is 9.97. The molecule has 5 heteroatoms. The smallest absolute Gasteiger partial charge is 0.414 e. The van der Waals surface area contributed by atoms with Gasteiger partial charge >= 0.3 is 6.09 Å². The van der Waals surface area contributed by atoms with Crippen LogP contribution in [0.1, 0.15) is 0 Å². The zero-order valence-electron chi connectivity index (χ0n) is 7.85. The number of amides is 1. The van der Waals surface area contributed by atoms with Gasteiger partial charge in [-0.25, -0.2) is 4.79 Å². The summed E-state index contributed by atoms with van der Waals surface area (Å²) in [5.74, 6) is 0. The van der Waals surface area contributed by atoms with Gasteiger partial charge in [-0.15, -0.1) is 0 Å². The highest BCUT2D eigenvalue weighted by Gasteiger charge is 2.33. The van der Waals surface area contributed by atoms with Gasteiger partial charge < -0.3 is 19.1 Å². The van der Waals surface area contributed by atoms with Gasteiger partial charge in [-0.1, -0.05) is 6.58 Å². The van der Waals surface area contributed by atoms with E-state index in [0.717, 1.165) is 19.5 Å². The second-order valence-electron chi connectivity index (χ2n) is 3.37. The van der Waals surface area contributed by atoms with Crippen LogP contribution in [0.2, 0.25) is 0 Å². The summed E-state index contributed by atoms with van der Waals surface area (Å²) in [6.45, 7) is 5.94. The van der Waals surface area contributed by atoms with E-state index in [1.165, 1.54) is 0 Å². The molecule has 2 unspecified atom stereocenters. The normalized spacial score (nSPS) is 28.0. The highest BCUT2D eigenvalue weighted by Crippen LogP contribution is 2.16. The topological polar surface area (TPSA) is 54.6 Å². The van der Waals surface area contributed by atoms with Gasteiger partial charge in [-0.3, -0.25) is 0 Å². The molecule has 2 fully saturated rings. The van der Waals surface area contributed by atoms with E-state index in [0.29, 0.717) is 13.1 Å². The Morgan fingerprint density at radius 3 is 2.29 bits per heavy atom. The molecule has 0 saturated carbocycles. The number of carbonyl (C=O) groups excluding carboxylic acids is 1. The minimum Gasteiger partial charge on any atom is -0.419 e. The molecule has 0 aromatic rings. The monoisotopic (exact) mass is 199 g/mol. The van der Waals surface area contributed by atoms with E-state index >= 15 is 0 Å². The van der Waals surface area contributed by atoms with Gasteiger partial charge in [0.2, 0.25) is 0 Å². The van der Waals surface area contributed by atoms with Crippen LogP contribution in [0, 0.1) is 0 Å². The van der Waals surface area contributed by atoms with Crippen molar-refractivity contribution in [2.45, 2.75) is 12.2 Å². The maximum atomic E-state index is 11.4. The van der Waals surface area contributed by atoms with Crippen LogP contribution in [0.25, 0.3) is 0 Å². The fourth-order valence-electron chi connectivity index (χ4n) is 1.21. The average molecular weight is 199 g/mol. The first-order valence-electron chi connectivity index (χ1n) is 4.59. The van der Waals surface area contributed by atoms with Crippen LogP contribution in [0.4, 0.5) is 4.79 Å². The van der Waals surface area contributed by atoms with Crippen molar-refractivity contribution in [2.24, 2.45) is 0 Å². The molecular formula is C9H13NO4. The van der Waals surface area contributed by atoms with E-state index in [9.17, 15) is 4.79 Å². The lowest BCUT2D eigenvalue weighted by atomic mass is 10.4. The molecule has 2 saturated heterocycles. The molecule has 2 aliphatic heterocycles. The van der Waals surface area contributed by atoms with Crippen molar-refractivity contribution in [3.05, 3.63) is 12.8 Å². The van der Waals surface area contributed by atoms with Crippen molar-refractivity contribution >= 4 is 6.09 Å². The predicted octanol–water partition coefficient (Wildman–Crippen LogP) is 0.366. The molecule has 0 radical (unpaired) electrons. The van der Waals surface area contributed by atoms with Crippen molar-refractivity contribution in [3.8, 4) is 0 Å². The first kappa shape index (κ1) is 9.48. The number of carbonyl (C=O) groups is 1. The van der Waals surface area contributed by atoms with E-state index in [4.69, 9.17) is 14.2 Å². The van der Waals surface area contributed by atoms with Gasteiger partial charge in [0.25, 0.3) is 0 Å². The van der Waals surface area contributed by atoms with E-state index in [2.05, 4.69) is 6.58 Å². The number of epoxide rings is 2. The molecule has 0 N–H and O–H groups in total. The number of ether oxygens (including phenoxy) is 3. The Hall–Kier alpha value is -1.07. The lowest BCUT2D eigenvalue weighted by Crippen LogP contribution is -2.36. The Morgan fingerprint density at radius 1 is 1.43 bits per heavy atom. The van der Waals surface area contributed by atoms with Crippen LogP contribution in [0.3, 0.4) is 0 Å². The minimum absolute atomic E-state index is 0.172. The quantitative estimate of drug-likeness (QED) is 0.474. The molecule has 78 valence electrons. The van der Waals surface area contributed by atoms with Gasteiger partial charge in [0, 0.05) is 0 Å². The first-order chi connectivity index (χ1) is 6.79. The second-order valence-corrected chi connectivity index (χ2v) is 3.37. The number of hydrogen-bond acceptors (Lipinski definition) is 4. The SMILES string of the molecule is C=COC(=O)N(CC1CO1)CC1CO1. The molecule has 0 aromatic heterocycles. The van der Waals surface area contributed by atoms with E-state index in [1.54, 1.807) is 4.90 Å². The van der Waals surface area contributed by atoms with Gasteiger partial charge in [0.05, 0.1) is 44.8 Å². The molecule has 2 aliphatic rings. The molecule has 0 aliphatic carbocycles. The fraction of sp³-hybridized carbons (Fsp3) is 0.667.